The van der Waals surface area contributed by atoms with Gasteiger partial charge in [0, 0.05) is 18.8 Å². The molecule has 0 bridgehead atoms. The maximum absolute atomic E-state index is 10.7. The average molecular weight is 251 g/mol. The molecule has 18 heavy (non-hydrogen) atoms. The standard InChI is InChI=1S/C14H21NO3/c1-11-4-6-12(7-5-11)15(9-8-13(16)17)10-14(2,3)18/h4-7,18H,8-10H2,1-3H3,(H,16,17). The normalized spacial score (nSPS) is 11.3. The van der Waals surface area contributed by atoms with Gasteiger partial charge in [0.05, 0.1) is 12.0 Å². The van der Waals surface area contributed by atoms with Crippen LogP contribution in [0.4, 0.5) is 5.69 Å². The zero-order valence-electron chi connectivity index (χ0n) is 11.2. The summed E-state index contributed by atoms with van der Waals surface area (Å²) < 4.78 is 0. The summed E-state index contributed by atoms with van der Waals surface area (Å²) in [6, 6.07) is 7.85. The first-order valence-corrected chi connectivity index (χ1v) is 6.04. The largest absolute Gasteiger partial charge is 0.481 e. The second kappa shape index (κ2) is 5.87. The molecule has 100 valence electrons. The average Bonchev–Trinajstić information content (AvgIpc) is 2.23. The summed E-state index contributed by atoms with van der Waals surface area (Å²) in [5.41, 5.74) is 1.23. The molecule has 0 aliphatic carbocycles. The predicted octanol–water partition coefficient (Wildman–Crippen LogP) is 2.05. The molecule has 1 rings (SSSR count). The summed E-state index contributed by atoms with van der Waals surface area (Å²) in [4.78, 5) is 12.6. The third-order valence-electron chi connectivity index (χ3n) is 2.57. The third kappa shape index (κ3) is 5.19. The van der Waals surface area contributed by atoms with Crippen LogP contribution in [-0.2, 0) is 4.79 Å². The van der Waals surface area contributed by atoms with Crippen molar-refractivity contribution in [3.63, 3.8) is 0 Å². The first kappa shape index (κ1) is 14.5. The monoisotopic (exact) mass is 251 g/mol. The molecule has 2 N–H and O–H groups in total. The van der Waals surface area contributed by atoms with Crippen LogP contribution in [0.25, 0.3) is 0 Å². The van der Waals surface area contributed by atoms with Gasteiger partial charge in [0.25, 0.3) is 0 Å². The molecular formula is C14H21NO3. The maximum atomic E-state index is 10.7. The molecule has 0 saturated heterocycles. The first-order valence-electron chi connectivity index (χ1n) is 6.04. The van der Waals surface area contributed by atoms with Gasteiger partial charge in [0.15, 0.2) is 0 Å². The topological polar surface area (TPSA) is 60.8 Å². The van der Waals surface area contributed by atoms with Crippen molar-refractivity contribution >= 4 is 11.7 Å². The van der Waals surface area contributed by atoms with Gasteiger partial charge in [-0.1, -0.05) is 17.7 Å². The molecule has 0 saturated carbocycles. The van der Waals surface area contributed by atoms with E-state index in [0.717, 1.165) is 11.3 Å². The van der Waals surface area contributed by atoms with Gasteiger partial charge in [-0.2, -0.15) is 0 Å². The van der Waals surface area contributed by atoms with E-state index in [1.807, 2.05) is 36.1 Å². The van der Waals surface area contributed by atoms with Crippen LogP contribution >= 0.6 is 0 Å². The number of aliphatic carboxylic acids is 1. The zero-order valence-corrected chi connectivity index (χ0v) is 11.2. The number of carbonyl (C=O) groups is 1. The number of benzene rings is 1. The molecule has 0 fully saturated rings. The quantitative estimate of drug-likeness (QED) is 0.812. The lowest BCUT2D eigenvalue weighted by molar-refractivity contribution is -0.136. The Hall–Kier alpha value is -1.55. The van der Waals surface area contributed by atoms with Gasteiger partial charge >= 0.3 is 5.97 Å². The van der Waals surface area contributed by atoms with Crippen molar-refractivity contribution in [2.24, 2.45) is 0 Å². The van der Waals surface area contributed by atoms with E-state index in [-0.39, 0.29) is 6.42 Å². The van der Waals surface area contributed by atoms with E-state index in [2.05, 4.69) is 0 Å². The second-order valence-corrected chi connectivity index (χ2v) is 5.21. The number of nitrogens with zero attached hydrogens (tertiary/aromatic N) is 1. The Kier molecular flexibility index (Phi) is 4.73. The van der Waals surface area contributed by atoms with Crippen molar-refractivity contribution in [1.29, 1.82) is 0 Å². The molecule has 0 spiro atoms. The molecule has 0 heterocycles. The SMILES string of the molecule is Cc1ccc(N(CCC(=O)O)CC(C)(C)O)cc1. The number of aryl methyl sites for hydroxylation is 1. The van der Waals surface area contributed by atoms with E-state index < -0.39 is 11.6 Å². The van der Waals surface area contributed by atoms with E-state index in [1.165, 1.54) is 0 Å². The Morgan fingerprint density at radius 2 is 1.83 bits per heavy atom. The molecule has 0 amide bonds. The van der Waals surface area contributed by atoms with Crippen molar-refractivity contribution in [2.45, 2.75) is 32.8 Å². The Bertz CT molecular complexity index is 392. The molecule has 4 heteroatoms. The second-order valence-electron chi connectivity index (χ2n) is 5.21. The van der Waals surface area contributed by atoms with Crippen LogP contribution in [0.3, 0.4) is 0 Å². The van der Waals surface area contributed by atoms with Crippen LogP contribution in [0.15, 0.2) is 24.3 Å². The summed E-state index contributed by atoms with van der Waals surface area (Å²) in [6.07, 6.45) is 0.0595. The lowest BCUT2D eigenvalue weighted by Crippen LogP contribution is -2.39. The number of anilines is 1. The summed E-state index contributed by atoms with van der Waals surface area (Å²) in [5.74, 6) is -0.831. The lowest BCUT2D eigenvalue weighted by Gasteiger charge is -2.30. The molecule has 0 aliphatic heterocycles. The summed E-state index contributed by atoms with van der Waals surface area (Å²) in [6.45, 7) is 6.23. The minimum atomic E-state index is -0.858. The minimum absolute atomic E-state index is 0.0595. The van der Waals surface area contributed by atoms with Crippen LogP contribution in [0, 0.1) is 6.92 Å². The number of hydrogen-bond acceptors (Lipinski definition) is 3. The number of rotatable bonds is 6. The van der Waals surface area contributed by atoms with Crippen LogP contribution in [-0.4, -0.2) is 34.9 Å². The van der Waals surface area contributed by atoms with Crippen LogP contribution < -0.4 is 4.90 Å². The number of carboxylic acids is 1. The molecule has 0 aliphatic rings. The lowest BCUT2D eigenvalue weighted by atomic mass is 10.1. The number of hydrogen-bond donors (Lipinski definition) is 2. The van der Waals surface area contributed by atoms with Crippen molar-refractivity contribution in [2.75, 3.05) is 18.0 Å². The van der Waals surface area contributed by atoms with Gasteiger partial charge in [-0.05, 0) is 32.9 Å². The van der Waals surface area contributed by atoms with E-state index in [1.54, 1.807) is 13.8 Å². The zero-order chi connectivity index (χ0) is 13.8. The van der Waals surface area contributed by atoms with Crippen molar-refractivity contribution in [1.82, 2.24) is 0 Å². The van der Waals surface area contributed by atoms with Crippen LogP contribution in [0.1, 0.15) is 25.8 Å². The fourth-order valence-corrected chi connectivity index (χ4v) is 1.75. The molecule has 0 unspecified atom stereocenters. The van der Waals surface area contributed by atoms with Gasteiger partial charge < -0.3 is 15.1 Å². The van der Waals surface area contributed by atoms with Crippen molar-refractivity contribution in [3.05, 3.63) is 29.8 Å². The summed E-state index contributed by atoms with van der Waals surface area (Å²) in [7, 11) is 0. The number of carboxylic acid groups (broad SMARTS) is 1. The van der Waals surface area contributed by atoms with E-state index in [9.17, 15) is 9.90 Å². The Labute approximate surface area is 108 Å². The highest BCUT2D eigenvalue weighted by atomic mass is 16.4. The smallest absolute Gasteiger partial charge is 0.305 e. The van der Waals surface area contributed by atoms with Gasteiger partial charge in [0.1, 0.15) is 0 Å². The Morgan fingerprint density at radius 3 is 2.28 bits per heavy atom. The highest BCUT2D eigenvalue weighted by Crippen LogP contribution is 2.18. The van der Waals surface area contributed by atoms with E-state index in [0.29, 0.717) is 13.1 Å². The van der Waals surface area contributed by atoms with Crippen molar-refractivity contribution in [3.8, 4) is 0 Å². The molecule has 0 radical (unpaired) electrons. The first-order chi connectivity index (χ1) is 8.28. The van der Waals surface area contributed by atoms with Crippen LogP contribution in [0.2, 0.25) is 0 Å². The van der Waals surface area contributed by atoms with Crippen LogP contribution in [0.5, 0.6) is 0 Å². The number of aliphatic hydroxyl groups is 1. The third-order valence-corrected chi connectivity index (χ3v) is 2.57. The predicted molar refractivity (Wildman–Crippen MR) is 71.9 cm³/mol. The molecule has 0 aromatic heterocycles. The minimum Gasteiger partial charge on any atom is -0.481 e. The molecule has 1 aromatic rings. The van der Waals surface area contributed by atoms with Gasteiger partial charge in [-0.3, -0.25) is 4.79 Å². The fraction of sp³-hybridized carbons (Fsp3) is 0.500. The highest BCUT2D eigenvalue weighted by molar-refractivity contribution is 5.67. The maximum Gasteiger partial charge on any atom is 0.305 e. The molecular weight excluding hydrogens is 230 g/mol. The van der Waals surface area contributed by atoms with Gasteiger partial charge in [-0.15, -0.1) is 0 Å². The van der Waals surface area contributed by atoms with E-state index >= 15 is 0 Å². The molecule has 1 aromatic carbocycles. The Balaban J connectivity index is 2.82. The Morgan fingerprint density at radius 1 is 1.28 bits per heavy atom. The van der Waals surface area contributed by atoms with Gasteiger partial charge in [0.2, 0.25) is 0 Å². The van der Waals surface area contributed by atoms with E-state index in [4.69, 9.17) is 5.11 Å². The molecule has 4 nitrogen and oxygen atoms in total. The van der Waals surface area contributed by atoms with Gasteiger partial charge in [-0.25, -0.2) is 0 Å². The van der Waals surface area contributed by atoms with Crippen molar-refractivity contribution < 1.29 is 15.0 Å². The summed E-state index contributed by atoms with van der Waals surface area (Å²) >= 11 is 0. The highest BCUT2D eigenvalue weighted by Gasteiger charge is 2.19. The summed E-state index contributed by atoms with van der Waals surface area (Å²) in [5, 5.41) is 18.6. The molecule has 0 atom stereocenters. The fourth-order valence-electron chi connectivity index (χ4n) is 1.75.